The molecule has 0 fully saturated rings. The molecule has 0 atom stereocenters. The summed E-state index contributed by atoms with van der Waals surface area (Å²) < 4.78 is 1.75. The molecule has 90 valence electrons. The van der Waals surface area contributed by atoms with E-state index in [1.807, 2.05) is 18.3 Å². The Labute approximate surface area is 99.3 Å². The number of rotatable bonds is 4. The average molecular weight is 233 g/mol. The normalized spacial score (nSPS) is 10.7. The van der Waals surface area contributed by atoms with Gasteiger partial charge in [0.15, 0.2) is 5.69 Å². The Morgan fingerprint density at radius 2 is 2.06 bits per heavy atom. The van der Waals surface area contributed by atoms with Crippen molar-refractivity contribution in [1.82, 2.24) is 9.38 Å². The Morgan fingerprint density at radius 1 is 1.35 bits per heavy atom. The molecule has 0 aromatic carbocycles. The summed E-state index contributed by atoms with van der Waals surface area (Å²) in [4.78, 5) is 17.0. The maximum Gasteiger partial charge on any atom is 0.356 e. The van der Waals surface area contributed by atoms with Crippen LogP contribution < -0.4 is 4.90 Å². The van der Waals surface area contributed by atoms with E-state index in [9.17, 15) is 4.79 Å². The lowest BCUT2D eigenvalue weighted by atomic mass is 10.3. The number of fused-ring (bicyclic) bond motifs is 1. The SMILES string of the molecule is CCN(CC)c1ccc2nc(C(=O)O)cn2c1. The van der Waals surface area contributed by atoms with Gasteiger partial charge in [-0.2, -0.15) is 0 Å². The molecular weight excluding hydrogens is 218 g/mol. The Balaban J connectivity index is 2.46. The van der Waals surface area contributed by atoms with Crippen LogP contribution in [-0.2, 0) is 0 Å². The van der Waals surface area contributed by atoms with E-state index in [1.165, 1.54) is 6.20 Å². The summed E-state index contributed by atoms with van der Waals surface area (Å²) in [7, 11) is 0. The number of carbonyl (C=O) groups is 1. The third-order valence-corrected chi connectivity index (χ3v) is 2.78. The lowest BCUT2D eigenvalue weighted by Gasteiger charge is -2.20. The van der Waals surface area contributed by atoms with Crippen LogP contribution in [0.3, 0.4) is 0 Å². The van der Waals surface area contributed by atoms with Crippen molar-refractivity contribution in [2.24, 2.45) is 0 Å². The second-order valence-electron chi connectivity index (χ2n) is 3.76. The van der Waals surface area contributed by atoms with Gasteiger partial charge in [-0.3, -0.25) is 0 Å². The molecule has 0 aliphatic carbocycles. The molecule has 2 heterocycles. The molecule has 0 aliphatic rings. The fraction of sp³-hybridized carbons (Fsp3) is 0.333. The molecule has 0 aliphatic heterocycles. The van der Waals surface area contributed by atoms with Gasteiger partial charge in [0.1, 0.15) is 5.65 Å². The summed E-state index contributed by atoms with van der Waals surface area (Å²) in [6, 6.07) is 3.79. The number of carboxylic acid groups (broad SMARTS) is 1. The Kier molecular flexibility index (Phi) is 2.99. The van der Waals surface area contributed by atoms with E-state index in [0.29, 0.717) is 5.65 Å². The molecule has 0 saturated carbocycles. The molecule has 0 amide bonds. The quantitative estimate of drug-likeness (QED) is 0.876. The van der Waals surface area contributed by atoms with Crippen molar-refractivity contribution in [1.29, 1.82) is 0 Å². The first-order valence-electron chi connectivity index (χ1n) is 5.62. The van der Waals surface area contributed by atoms with Gasteiger partial charge >= 0.3 is 5.97 Å². The molecule has 2 aromatic rings. The highest BCUT2D eigenvalue weighted by Crippen LogP contribution is 2.16. The van der Waals surface area contributed by atoms with Gasteiger partial charge in [-0.05, 0) is 26.0 Å². The summed E-state index contributed by atoms with van der Waals surface area (Å²) in [6.45, 7) is 6.01. The van der Waals surface area contributed by atoms with Gasteiger partial charge in [0.25, 0.3) is 0 Å². The number of pyridine rings is 1. The highest BCUT2D eigenvalue weighted by molar-refractivity contribution is 5.86. The minimum absolute atomic E-state index is 0.0710. The molecule has 0 bridgehead atoms. The summed E-state index contributed by atoms with van der Waals surface area (Å²) >= 11 is 0. The van der Waals surface area contributed by atoms with E-state index in [-0.39, 0.29) is 5.69 Å². The molecular formula is C12H15N3O2. The predicted octanol–water partition coefficient (Wildman–Crippen LogP) is 1.88. The van der Waals surface area contributed by atoms with Crippen LogP contribution >= 0.6 is 0 Å². The van der Waals surface area contributed by atoms with Crippen LogP contribution in [0.25, 0.3) is 5.65 Å². The molecule has 0 spiro atoms. The van der Waals surface area contributed by atoms with Crippen LogP contribution in [0.1, 0.15) is 24.3 Å². The van der Waals surface area contributed by atoms with Crippen molar-refractivity contribution in [3.05, 3.63) is 30.2 Å². The molecule has 0 saturated heterocycles. The minimum atomic E-state index is -1.00. The number of hydrogen-bond donors (Lipinski definition) is 1. The summed E-state index contributed by atoms with van der Waals surface area (Å²) in [5.41, 5.74) is 1.79. The van der Waals surface area contributed by atoms with Crippen LogP contribution in [-0.4, -0.2) is 33.6 Å². The van der Waals surface area contributed by atoms with Crippen molar-refractivity contribution >= 4 is 17.3 Å². The number of aromatic carboxylic acids is 1. The summed E-state index contributed by atoms with van der Waals surface area (Å²) in [5, 5.41) is 8.87. The number of carboxylic acids is 1. The zero-order chi connectivity index (χ0) is 12.4. The first kappa shape index (κ1) is 11.4. The van der Waals surface area contributed by atoms with Crippen molar-refractivity contribution in [3.8, 4) is 0 Å². The third kappa shape index (κ3) is 2.08. The lowest BCUT2D eigenvalue weighted by molar-refractivity contribution is 0.0691. The van der Waals surface area contributed by atoms with Crippen LogP contribution in [0.2, 0.25) is 0 Å². The van der Waals surface area contributed by atoms with Gasteiger partial charge in [0.05, 0.1) is 5.69 Å². The third-order valence-electron chi connectivity index (χ3n) is 2.78. The predicted molar refractivity (Wildman–Crippen MR) is 65.7 cm³/mol. The smallest absolute Gasteiger partial charge is 0.356 e. The van der Waals surface area contributed by atoms with E-state index in [2.05, 4.69) is 23.7 Å². The number of anilines is 1. The Hall–Kier alpha value is -2.04. The van der Waals surface area contributed by atoms with Crippen LogP contribution in [0.4, 0.5) is 5.69 Å². The fourth-order valence-corrected chi connectivity index (χ4v) is 1.86. The van der Waals surface area contributed by atoms with Crippen molar-refractivity contribution < 1.29 is 9.90 Å². The van der Waals surface area contributed by atoms with Gasteiger partial charge in [-0.1, -0.05) is 0 Å². The van der Waals surface area contributed by atoms with E-state index in [1.54, 1.807) is 4.40 Å². The zero-order valence-corrected chi connectivity index (χ0v) is 9.92. The maximum absolute atomic E-state index is 10.8. The Bertz CT molecular complexity index is 544. The second kappa shape index (κ2) is 4.45. The molecule has 17 heavy (non-hydrogen) atoms. The van der Waals surface area contributed by atoms with Gasteiger partial charge < -0.3 is 14.4 Å². The highest BCUT2D eigenvalue weighted by atomic mass is 16.4. The summed E-state index contributed by atoms with van der Waals surface area (Å²) in [5.74, 6) is -1.00. The number of aromatic nitrogens is 2. The molecule has 2 aromatic heterocycles. The lowest BCUT2D eigenvalue weighted by Crippen LogP contribution is -2.21. The number of nitrogens with zero attached hydrogens (tertiary/aromatic N) is 3. The van der Waals surface area contributed by atoms with E-state index < -0.39 is 5.97 Å². The van der Waals surface area contributed by atoms with Crippen molar-refractivity contribution in [2.45, 2.75) is 13.8 Å². The van der Waals surface area contributed by atoms with Gasteiger partial charge in [-0.15, -0.1) is 0 Å². The number of hydrogen-bond acceptors (Lipinski definition) is 3. The average Bonchev–Trinajstić information content (AvgIpc) is 2.74. The fourth-order valence-electron chi connectivity index (χ4n) is 1.86. The van der Waals surface area contributed by atoms with E-state index >= 15 is 0 Å². The molecule has 5 heteroatoms. The van der Waals surface area contributed by atoms with Gasteiger partial charge in [0, 0.05) is 25.5 Å². The maximum atomic E-state index is 10.8. The van der Waals surface area contributed by atoms with Gasteiger partial charge in [-0.25, -0.2) is 9.78 Å². The molecule has 2 rings (SSSR count). The van der Waals surface area contributed by atoms with Crippen molar-refractivity contribution in [2.75, 3.05) is 18.0 Å². The molecule has 0 unspecified atom stereocenters. The summed E-state index contributed by atoms with van der Waals surface area (Å²) in [6.07, 6.45) is 3.44. The number of imidazole rings is 1. The zero-order valence-electron chi connectivity index (χ0n) is 9.92. The molecule has 5 nitrogen and oxygen atoms in total. The highest BCUT2D eigenvalue weighted by Gasteiger charge is 2.09. The first-order chi connectivity index (χ1) is 8.15. The topological polar surface area (TPSA) is 57.8 Å². The second-order valence-corrected chi connectivity index (χ2v) is 3.76. The largest absolute Gasteiger partial charge is 0.476 e. The minimum Gasteiger partial charge on any atom is -0.476 e. The monoisotopic (exact) mass is 233 g/mol. The van der Waals surface area contributed by atoms with Crippen LogP contribution in [0.5, 0.6) is 0 Å². The van der Waals surface area contributed by atoms with Crippen LogP contribution in [0, 0.1) is 0 Å². The molecule has 0 radical (unpaired) electrons. The van der Waals surface area contributed by atoms with Crippen LogP contribution in [0.15, 0.2) is 24.5 Å². The van der Waals surface area contributed by atoms with E-state index in [0.717, 1.165) is 18.8 Å². The Morgan fingerprint density at radius 3 is 2.65 bits per heavy atom. The van der Waals surface area contributed by atoms with Gasteiger partial charge in [0.2, 0.25) is 0 Å². The van der Waals surface area contributed by atoms with E-state index in [4.69, 9.17) is 5.11 Å². The first-order valence-corrected chi connectivity index (χ1v) is 5.62. The standard InChI is InChI=1S/C12H15N3O2/c1-3-14(4-2)9-5-6-11-13-10(12(16)17)8-15(11)7-9/h5-8H,3-4H2,1-2H3,(H,16,17). The molecule has 1 N–H and O–H groups in total. The van der Waals surface area contributed by atoms with Crippen molar-refractivity contribution in [3.63, 3.8) is 0 Å².